The quantitative estimate of drug-likeness (QED) is 0.549. The maximum Gasteiger partial charge on any atom is 0.163 e. The molecule has 0 aromatic heterocycles. The van der Waals surface area contributed by atoms with Gasteiger partial charge >= 0.3 is 0 Å². The van der Waals surface area contributed by atoms with E-state index in [1.165, 1.54) is 6.07 Å². The van der Waals surface area contributed by atoms with Gasteiger partial charge in [0.1, 0.15) is 0 Å². The van der Waals surface area contributed by atoms with E-state index >= 15 is 0 Å². The summed E-state index contributed by atoms with van der Waals surface area (Å²) < 4.78 is 25.4. The lowest BCUT2D eigenvalue weighted by Crippen LogP contribution is -2.00. The second kappa shape index (κ2) is 4.82. The predicted octanol–water partition coefficient (Wildman–Crippen LogP) is 3.50. The Bertz CT molecular complexity index is 397. The first-order chi connectivity index (χ1) is 7.00. The first-order valence-corrected chi connectivity index (χ1v) is 4.63. The average Bonchev–Trinajstić information content (AvgIpc) is 2.18. The third-order valence-electron chi connectivity index (χ3n) is 2.02. The van der Waals surface area contributed by atoms with Gasteiger partial charge < -0.3 is 0 Å². The number of hydrogen-bond donors (Lipinski definition) is 0. The fourth-order valence-electron chi connectivity index (χ4n) is 1.14. The van der Waals surface area contributed by atoms with Gasteiger partial charge in [-0.1, -0.05) is 5.57 Å². The van der Waals surface area contributed by atoms with Crippen LogP contribution in [0.2, 0.25) is 0 Å². The zero-order chi connectivity index (χ0) is 11.4. The van der Waals surface area contributed by atoms with Crippen molar-refractivity contribution in [3.05, 3.63) is 47.5 Å². The third-order valence-corrected chi connectivity index (χ3v) is 2.02. The smallest absolute Gasteiger partial charge is 0.163 e. The molecule has 0 unspecified atom stereocenters. The normalized spacial score (nSPS) is 10.1. The maximum absolute atomic E-state index is 12.8. The van der Waals surface area contributed by atoms with E-state index in [9.17, 15) is 13.6 Å². The zero-order valence-electron chi connectivity index (χ0n) is 8.52. The molecule has 0 spiro atoms. The van der Waals surface area contributed by atoms with Crippen LogP contribution >= 0.6 is 0 Å². The molecular weight excluding hydrogens is 198 g/mol. The summed E-state index contributed by atoms with van der Waals surface area (Å²) in [4.78, 5) is 11.5. The van der Waals surface area contributed by atoms with Crippen molar-refractivity contribution in [1.29, 1.82) is 0 Å². The van der Waals surface area contributed by atoms with Gasteiger partial charge in [0.25, 0.3) is 0 Å². The van der Waals surface area contributed by atoms with Crippen LogP contribution in [0, 0.1) is 11.6 Å². The van der Waals surface area contributed by atoms with Gasteiger partial charge in [-0.3, -0.25) is 4.79 Å². The molecule has 1 nitrogen and oxygen atoms in total. The van der Waals surface area contributed by atoms with Crippen LogP contribution in [0.15, 0.2) is 30.4 Å². The molecule has 0 saturated carbocycles. The van der Waals surface area contributed by atoms with E-state index < -0.39 is 11.6 Å². The zero-order valence-corrected chi connectivity index (χ0v) is 8.52. The van der Waals surface area contributed by atoms with Crippen molar-refractivity contribution in [3.63, 3.8) is 0 Å². The summed E-state index contributed by atoms with van der Waals surface area (Å²) in [7, 11) is 0. The number of hydrogen-bond acceptors (Lipinski definition) is 1. The Balaban J connectivity index is 2.74. The van der Waals surface area contributed by atoms with Crippen LogP contribution in [0.3, 0.4) is 0 Å². The molecule has 0 bridgehead atoms. The molecule has 0 radical (unpaired) electrons. The van der Waals surface area contributed by atoms with Crippen LogP contribution < -0.4 is 0 Å². The van der Waals surface area contributed by atoms with Crippen LogP contribution in [0.5, 0.6) is 0 Å². The fraction of sp³-hybridized carbons (Fsp3) is 0.250. The Morgan fingerprint density at radius 2 is 1.93 bits per heavy atom. The summed E-state index contributed by atoms with van der Waals surface area (Å²) in [6.07, 6.45) is 0.845. The van der Waals surface area contributed by atoms with Gasteiger partial charge in [-0.05, 0) is 31.5 Å². The van der Waals surface area contributed by atoms with Crippen LogP contribution in [0.25, 0.3) is 0 Å². The van der Waals surface area contributed by atoms with Gasteiger partial charge in [0, 0.05) is 12.0 Å². The number of allylic oxidation sites excluding steroid dienone is 1. The van der Waals surface area contributed by atoms with E-state index in [2.05, 4.69) is 6.58 Å². The van der Waals surface area contributed by atoms with Crippen molar-refractivity contribution in [1.82, 2.24) is 0 Å². The average molecular weight is 210 g/mol. The molecule has 1 aromatic rings. The van der Waals surface area contributed by atoms with Crippen molar-refractivity contribution < 1.29 is 13.6 Å². The molecule has 80 valence electrons. The van der Waals surface area contributed by atoms with Crippen LogP contribution in [-0.2, 0) is 0 Å². The van der Waals surface area contributed by atoms with Gasteiger partial charge in [-0.2, -0.15) is 0 Å². The fourth-order valence-corrected chi connectivity index (χ4v) is 1.14. The Hall–Kier alpha value is -1.51. The molecule has 0 saturated heterocycles. The lowest BCUT2D eigenvalue weighted by atomic mass is 10.0. The molecule has 0 N–H and O–H groups in total. The van der Waals surface area contributed by atoms with Crippen molar-refractivity contribution in [3.8, 4) is 0 Å². The molecule has 0 heterocycles. The van der Waals surface area contributed by atoms with E-state index in [1.54, 1.807) is 0 Å². The molecule has 0 aliphatic heterocycles. The number of ketones is 1. The summed E-state index contributed by atoms with van der Waals surface area (Å²) in [5.41, 5.74) is 1.10. The second-order valence-electron chi connectivity index (χ2n) is 3.51. The highest BCUT2D eigenvalue weighted by molar-refractivity contribution is 5.96. The minimum atomic E-state index is -0.990. The van der Waals surface area contributed by atoms with Crippen molar-refractivity contribution in [2.75, 3.05) is 0 Å². The van der Waals surface area contributed by atoms with Crippen LogP contribution in [0.4, 0.5) is 8.78 Å². The maximum atomic E-state index is 12.8. The summed E-state index contributed by atoms with van der Waals surface area (Å²) in [6.45, 7) is 5.48. The first kappa shape index (κ1) is 11.6. The van der Waals surface area contributed by atoms with Gasteiger partial charge in [0.05, 0.1) is 0 Å². The Morgan fingerprint density at radius 1 is 1.27 bits per heavy atom. The number of carbonyl (C=O) groups is 1. The van der Waals surface area contributed by atoms with Crippen LogP contribution in [0.1, 0.15) is 30.1 Å². The minimum Gasteiger partial charge on any atom is -0.294 e. The highest BCUT2D eigenvalue weighted by Gasteiger charge is 2.09. The van der Waals surface area contributed by atoms with Gasteiger partial charge in [-0.15, -0.1) is 6.58 Å². The molecule has 0 aliphatic carbocycles. The lowest BCUT2D eigenvalue weighted by molar-refractivity contribution is 0.0982. The van der Waals surface area contributed by atoms with Gasteiger partial charge in [0.2, 0.25) is 0 Å². The number of Topliss-reactive ketones (excluding diaryl/α,β-unsaturated/α-hetero) is 1. The van der Waals surface area contributed by atoms with Crippen molar-refractivity contribution in [2.45, 2.75) is 19.8 Å². The standard InChI is InChI=1S/C12H12F2O/c1-8(2)3-6-12(15)9-4-5-10(13)11(14)7-9/h4-5,7H,1,3,6H2,2H3. The molecule has 1 rings (SSSR count). The molecule has 0 atom stereocenters. The Kier molecular flexibility index (Phi) is 3.72. The highest BCUT2D eigenvalue weighted by Crippen LogP contribution is 2.12. The van der Waals surface area contributed by atoms with Crippen molar-refractivity contribution >= 4 is 5.78 Å². The summed E-state index contributed by atoms with van der Waals surface area (Å²) >= 11 is 0. The molecule has 3 heteroatoms. The van der Waals surface area contributed by atoms with E-state index in [-0.39, 0.29) is 17.8 Å². The monoisotopic (exact) mass is 210 g/mol. The number of halogens is 2. The van der Waals surface area contributed by atoms with Crippen LogP contribution in [-0.4, -0.2) is 5.78 Å². The highest BCUT2D eigenvalue weighted by atomic mass is 19.2. The molecular formula is C12H12F2O. The van der Waals surface area contributed by atoms with E-state index in [4.69, 9.17) is 0 Å². The molecule has 1 aromatic carbocycles. The van der Waals surface area contributed by atoms with E-state index in [1.807, 2.05) is 6.92 Å². The topological polar surface area (TPSA) is 17.1 Å². The number of carbonyl (C=O) groups excluding carboxylic acids is 1. The molecule has 0 amide bonds. The van der Waals surface area contributed by atoms with Gasteiger partial charge in [0.15, 0.2) is 17.4 Å². The van der Waals surface area contributed by atoms with E-state index in [0.717, 1.165) is 17.7 Å². The molecule has 0 fully saturated rings. The summed E-state index contributed by atoms with van der Waals surface area (Å²) in [5, 5.41) is 0. The second-order valence-corrected chi connectivity index (χ2v) is 3.51. The minimum absolute atomic E-state index is 0.197. The SMILES string of the molecule is C=C(C)CCC(=O)c1ccc(F)c(F)c1. The Morgan fingerprint density at radius 3 is 2.47 bits per heavy atom. The third kappa shape index (κ3) is 3.27. The summed E-state index contributed by atoms with van der Waals surface area (Å²) in [6, 6.07) is 3.18. The molecule has 0 aliphatic rings. The number of rotatable bonds is 4. The largest absolute Gasteiger partial charge is 0.294 e. The Labute approximate surface area is 87.4 Å². The molecule has 15 heavy (non-hydrogen) atoms. The van der Waals surface area contributed by atoms with E-state index in [0.29, 0.717) is 6.42 Å². The van der Waals surface area contributed by atoms with Gasteiger partial charge in [-0.25, -0.2) is 8.78 Å². The first-order valence-electron chi connectivity index (χ1n) is 4.63. The predicted molar refractivity (Wildman–Crippen MR) is 54.7 cm³/mol. The van der Waals surface area contributed by atoms with Crippen molar-refractivity contribution in [2.24, 2.45) is 0 Å². The number of benzene rings is 1. The lowest BCUT2D eigenvalue weighted by Gasteiger charge is -2.01. The summed E-state index contributed by atoms with van der Waals surface area (Å²) in [5.74, 6) is -2.13.